The van der Waals surface area contributed by atoms with Crippen molar-refractivity contribution in [1.82, 2.24) is 9.62 Å². The molecule has 0 saturated carbocycles. The number of benzene rings is 1. The van der Waals surface area contributed by atoms with Crippen LogP contribution in [0.4, 0.5) is 17.6 Å². The Bertz CT molecular complexity index is 616. The second-order valence-corrected chi connectivity index (χ2v) is 6.10. The molecule has 0 radical (unpaired) electrons. The molecule has 21 heavy (non-hydrogen) atoms. The van der Waals surface area contributed by atoms with E-state index in [1.54, 1.807) is 0 Å². The third-order valence-electron chi connectivity index (χ3n) is 2.38. The molecule has 0 aliphatic rings. The summed E-state index contributed by atoms with van der Waals surface area (Å²) in [6.45, 7) is -2.42. The fraction of sp³-hybridized carbons (Fsp3) is 0.364. The molecule has 1 rings (SSSR count). The van der Waals surface area contributed by atoms with Crippen LogP contribution in [0.3, 0.4) is 0 Å². The van der Waals surface area contributed by atoms with E-state index in [0.29, 0.717) is 4.31 Å². The Morgan fingerprint density at radius 1 is 1.29 bits per heavy atom. The monoisotopic (exact) mass is 328 g/mol. The number of hydrogen-bond acceptors (Lipinski definition) is 3. The van der Waals surface area contributed by atoms with E-state index in [2.05, 4.69) is 0 Å². The lowest BCUT2D eigenvalue weighted by atomic mass is 10.4. The summed E-state index contributed by atoms with van der Waals surface area (Å²) in [5.41, 5.74) is 0. The van der Waals surface area contributed by atoms with E-state index in [0.717, 1.165) is 19.2 Å². The molecule has 0 saturated heterocycles. The average Bonchev–Trinajstić information content (AvgIpc) is 2.35. The Labute approximate surface area is 118 Å². The molecule has 0 aliphatic heterocycles. The van der Waals surface area contributed by atoms with Gasteiger partial charge in [0.2, 0.25) is 15.9 Å². The van der Waals surface area contributed by atoms with Crippen molar-refractivity contribution in [1.29, 1.82) is 0 Å². The Kier molecular flexibility index (Phi) is 5.29. The Morgan fingerprint density at radius 2 is 1.86 bits per heavy atom. The van der Waals surface area contributed by atoms with E-state index in [9.17, 15) is 30.8 Å². The maximum Gasteiger partial charge on any atom is 0.405 e. The van der Waals surface area contributed by atoms with Crippen LogP contribution in [0.2, 0.25) is 0 Å². The molecule has 1 aromatic rings. The fourth-order valence-electron chi connectivity index (χ4n) is 1.36. The predicted molar refractivity (Wildman–Crippen MR) is 65.3 cm³/mol. The standard InChI is InChI=1S/C11H12F4N2O3S/c1-17(6-10(18)16-7-11(13,14)15)21(19,20)9-5-3-2-4-8(9)12/h2-5H,6-7H2,1H3,(H,16,18). The van der Waals surface area contributed by atoms with E-state index in [-0.39, 0.29) is 0 Å². The summed E-state index contributed by atoms with van der Waals surface area (Å²) in [7, 11) is -3.34. The third kappa shape index (κ3) is 4.97. The number of nitrogens with one attached hydrogen (secondary N) is 1. The van der Waals surface area contributed by atoms with Gasteiger partial charge in [0.25, 0.3) is 0 Å². The summed E-state index contributed by atoms with van der Waals surface area (Å²) in [5, 5.41) is 1.53. The van der Waals surface area contributed by atoms with Gasteiger partial charge >= 0.3 is 6.18 Å². The first-order valence-corrected chi connectivity index (χ1v) is 7.02. The lowest BCUT2D eigenvalue weighted by Crippen LogP contribution is -2.41. The molecule has 5 nitrogen and oxygen atoms in total. The lowest BCUT2D eigenvalue weighted by molar-refractivity contribution is -0.138. The zero-order valence-electron chi connectivity index (χ0n) is 10.8. The van der Waals surface area contributed by atoms with Crippen molar-refractivity contribution in [3.05, 3.63) is 30.1 Å². The molecule has 0 aromatic heterocycles. The minimum atomic E-state index is -4.60. The summed E-state index contributed by atoms with van der Waals surface area (Å²) < 4.78 is 73.6. The number of rotatable bonds is 5. The highest BCUT2D eigenvalue weighted by molar-refractivity contribution is 7.89. The van der Waals surface area contributed by atoms with Gasteiger partial charge < -0.3 is 5.32 Å². The van der Waals surface area contributed by atoms with Gasteiger partial charge in [-0.15, -0.1) is 0 Å². The normalized spacial score (nSPS) is 12.5. The molecular formula is C11H12F4N2O3S. The molecule has 0 spiro atoms. The number of nitrogens with zero attached hydrogens (tertiary/aromatic N) is 1. The van der Waals surface area contributed by atoms with E-state index < -0.39 is 45.9 Å². The second kappa shape index (κ2) is 6.39. The molecule has 0 atom stereocenters. The van der Waals surface area contributed by atoms with Gasteiger partial charge in [-0.05, 0) is 12.1 Å². The minimum absolute atomic E-state index is 0.469. The van der Waals surface area contributed by atoms with Crippen LogP contribution in [-0.2, 0) is 14.8 Å². The van der Waals surface area contributed by atoms with E-state index in [1.165, 1.54) is 17.4 Å². The molecular weight excluding hydrogens is 316 g/mol. The fourth-order valence-corrected chi connectivity index (χ4v) is 2.55. The molecule has 1 amide bonds. The number of likely N-dealkylation sites (N-methyl/N-ethyl adjacent to an activating group) is 1. The summed E-state index contributed by atoms with van der Waals surface area (Å²) in [4.78, 5) is 10.6. The predicted octanol–water partition coefficient (Wildman–Crippen LogP) is 1.12. The van der Waals surface area contributed by atoms with Crippen molar-refractivity contribution in [3.63, 3.8) is 0 Å². The van der Waals surface area contributed by atoms with Gasteiger partial charge in [-0.1, -0.05) is 12.1 Å². The van der Waals surface area contributed by atoms with Crippen molar-refractivity contribution in [3.8, 4) is 0 Å². The molecule has 1 aromatic carbocycles. The van der Waals surface area contributed by atoms with Crippen LogP contribution in [0.5, 0.6) is 0 Å². The summed E-state index contributed by atoms with van der Waals surface area (Å²) in [5.74, 6) is -2.16. The SMILES string of the molecule is CN(CC(=O)NCC(F)(F)F)S(=O)(=O)c1ccccc1F. The highest BCUT2D eigenvalue weighted by atomic mass is 32.2. The highest BCUT2D eigenvalue weighted by Crippen LogP contribution is 2.17. The molecule has 0 unspecified atom stereocenters. The third-order valence-corrected chi connectivity index (χ3v) is 4.21. The zero-order chi connectivity index (χ0) is 16.3. The van der Waals surface area contributed by atoms with E-state index in [1.807, 2.05) is 0 Å². The van der Waals surface area contributed by atoms with Crippen LogP contribution in [0.15, 0.2) is 29.2 Å². The van der Waals surface area contributed by atoms with Crippen LogP contribution >= 0.6 is 0 Å². The van der Waals surface area contributed by atoms with Crippen LogP contribution in [0.1, 0.15) is 0 Å². The molecule has 0 bridgehead atoms. The maximum absolute atomic E-state index is 13.4. The zero-order valence-corrected chi connectivity index (χ0v) is 11.6. The maximum atomic E-state index is 13.4. The Hall–Kier alpha value is -1.68. The van der Waals surface area contributed by atoms with Crippen LogP contribution < -0.4 is 5.32 Å². The molecule has 0 aliphatic carbocycles. The molecule has 10 heteroatoms. The summed E-state index contributed by atoms with van der Waals surface area (Å²) in [6.07, 6.45) is -4.60. The Balaban J connectivity index is 2.77. The average molecular weight is 328 g/mol. The van der Waals surface area contributed by atoms with Gasteiger partial charge in [0.15, 0.2) is 0 Å². The number of halogens is 4. The first kappa shape index (κ1) is 17.4. The molecule has 1 N–H and O–H groups in total. The number of amides is 1. The number of alkyl halides is 3. The van der Waals surface area contributed by atoms with Crippen molar-refractivity contribution in [2.75, 3.05) is 20.1 Å². The van der Waals surface area contributed by atoms with Crippen molar-refractivity contribution in [2.45, 2.75) is 11.1 Å². The summed E-state index contributed by atoms with van der Waals surface area (Å²) in [6, 6.07) is 4.48. The van der Waals surface area contributed by atoms with Gasteiger partial charge in [-0.2, -0.15) is 17.5 Å². The van der Waals surface area contributed by atoms with E-state index in [4.69, 9.17) is 0 Å². The van der Waals surface area contributed by atoms with Gasteiger partial charge in [-0.25, -0.2) is 12.8 Å². The van der Waals surface area contributed by atoms with Crippen LogP contribution in [0.25, 0.3) is 0 Å². The van der Waals surface area contributed by atoms with Crippen LogP contribution in [0, 0.1) is 5.82 Å². The molecule has 0 heterocycles. The van der Waals surface area contributed by atoms with Gasteiger partial charge in [-0.3, -0.25) is 4.79 Å². The second-order valence-electron chi connectivity index (χ2n) is 4.08. The molecule has 118 valence electrons. The smallest absolute Gasteiger partial charge is 0.346 e. The topological polar surface area (TPSA) is 66.5 Å². The van der Waals surface area contributed by atoms with E-state index >= 15 is 0 Å². The first-order valence-electron chi connectivity index (χ1n) is 5.58. The lowest BCUT2D eigenvalue weighted by Gasteiger charge is -2.17. The minimum Gasteiger partial charge on any atom is -0.346 e. The Morgan fingerprint density at radius 3 is 2.38 bits per heavy atom. The number of carbonyl (C=O) groups excluding carboxylic acids is 1. The van der Waals surface area contributed by atoms with Crippen LogP contribution in [-0.4, -0.2) is 44.9 Å². The van der Waals surface area contributed by atoms with Crippen molar-refractivity contribution < 1.29 is 30.8 Å². The number of hydrogen-bond donors (Lipinski definition) is 1. The van der Waals surface area contributed by atoms with Gasteiger partial charge in [0.1, 0.15) is 17.3 Å². The molecule has 0 fully saturated rings. The number of carbonyl (C=O) groups is 1. The van der Waals surface area contributed by atoms with Gasteiger partial charge in [0.05, 0.1) is 6.54 Å². The van der Waals surface area contributed by atoms with Crippen molar-refractivity contribution >= 4 is 15.9 Å². The van der Waals surface area contributed by atoms with Gasteiger partial charge in [0, 0.05) is 7.05 Å². The first-order chi connectivity index (χ1) is 9.54. The van der Waals surface area contributed by atoms with Crippen molar-refractivity contribution in [2.24, 2.45) is 0 Å². The quantitative estimate of drug-likeness (QED) is 0.824. The summed E-state index contributed by atoms with van der Waals surface area (Å²) >= 11 is 0. The largest absolute Gasteiger partial charge is 0.405 e. The highest BCUT2D eigenvalue weighted by Gasteiger charge is 2.29. The number of sulfonamides is 1.